The Morgan fingerprint density at radius 3 is 2.31 bits per heavy atom. The van der Waals surface area contributed by atoms with E-state index in [2.05, 4.69) is 4.90 Å². The van der Waals surface area contributed by atoms with Crippen molar-refractivity contribution in [2.75, 3.05) is 38.2 Å². The molecule has 0 bridgehead atoms. The molecule has 0 unspecified atom stereocenters. The number of carbonyl (C=O) groups is 1. The lowest BCUT2D eigenvalue weighted by molar-refractivity contribution is -0.385. The quantitative estimate of drug-likeness (QED) is 0.666. The van der Waals surface area contributed by atoms with Crippen LogP contribution in [0.15, 0.2) is 42.5 Å². The molecule has 0 aliphatic carbocycles. The number of phenols is 1. The molecule has 3 rings (SSSR count). The second kappa shape index (κ2) is 7.30. The number of hydrogen-bond donors (Lipinski definition) is 1. The van der Waals surface area contributed by atoms with Crippen molar-refractivity contribution < 1.29 is 19.6 Å². The molecule has 8 heteroatoms. The predicted molar refractivity (Wildman–Crippen MR) is 95.9 cm³/mol. The summed E-state index contributed by atoms with van der Waals surface area (Å²) in [6, 6.07) is 11.4. The number of anilines is 1. The van der Waals surface area contributed by atoms with Crippen LogP contribution in [0.3, 0.4) is 0 Å². The normalized spacial score (nSPS) is 14.2. The van der Waals surface area contributed by atoms with Crippen LogP contribution in [0.4, 0.5) is 11.4 Å². The van der Waals surface area contributed by atoms with Crippen LogP contribution in [0.1, 0.15) is 10.4 Å². The lowest BCUT2D eigenvalue weighted by Gasteiger charge is -2.36. The van der Waals surface area contributed by atoms with Crippen molar-refractivity contribution in [1.82, 2.24) is 4.90 Å². The van der Waals surface area contributed by atoms with Gasteiger partial charge in [0.2, 0.25) is 0 Å². The molecule has 1 saturated heterocycles. The fourth-order valence-corrected chi connectivity index (χ4v) is 2.95. The van der Waals surface area contributed by atoms with Gasteiger partial charge >= 0.3 is 5.69 Å². The molecule has 0 spiro atoms. The van der Waals surface area contributed by atoms with Gasteiger partial charge in [-0.3, -0.25) is 14.9 Å². The van der Waals surface area contributed by atoms with E-state index in [9.17, 15) is 20.0 Å². The molecular formula is C18H19N3O5. The Bertz CT molecular complexity index is 814. The van der Waals surface area contributed by atoms with Gasteiger partial charge in [-0.1, -0.05) is 0 Å². The lowest BCUT2D eigenvalue weighted by Crippen LogP contribution is -2.48. The van der Waals surface area contributed by atoms with Crippen molar-refractivity contribution in [3.63, 3.8) is 0 Å². The summed E-state index contributed by atoms with van der Waals surface area (Å²) >= 11 is 0. The summed E-state index contributed by atoms with van der Waals surface area (Å²) < 4.78 is 5.15. The highest BCUT2D eigenvalue weighted by Gasteiger charge is 2.24. The monoisotopic (exact) mass is 357 g/mol. The molecule has 1 aliphatic heterocycles. The second-order valence-corrected chi connectivity index (χ2v) is 5.94. The first-order chi connectivity index (χ1) is 12.5. The molecule has 1 aliphatic rings. The van der Waals surface area contributed by atoms with E-state index in [0.29, 0.717) is 26.2 Å². The fraction of sp³-hybridized carbons (Fsp3) is 0.278. The molecule has 1 amide bonds. The average molecular weight is 357 g/mol. The van der Waals surface area contributed by atoms with Crippen LogP contribution < -0.4 is 9.64 Å². The first-order valence-corrected chi connectivity index (χ1v) is 8.15. The molecule has 1 fully saturated rings. The molecule has 26 heavy (non-hydrogen) atoms. The van der Waals surface area contributed by atoms with Gasteiger partial charge in [0, 0.05) is 43.5 Å². The Morgan fingerprint density at radius 2 is 1.77 bits per heavy atom. The number of rotatable bonds is 4. The molecule has 1 heterocycles. The maximum atomic E-state index is 12.6. The minimum absolute atomic E-state index is 0.242. The summed E-state index contributed by atoms with van der Waals surface area (Å²) in [4.78, 5) is 26.5. The third-order valence-electron chi connectivity index (χ3n) is 4.42. The van der Waals surface area contributed by atoms with Crippen LogP contribution in [0.25, 0.3) is 0 Å². The molecule has 2 aromatic rings. The van der Waals surface area contributed by atoms with Gasteiger partial charge in [0.25, 0.3) is 5.91 Å². The summed E-state index contributed by atoms with van der Waals surface area (Å²) in [5.41, 5.74) is 0.891. The summed E-state index contributed by atoms with van der Waals surface area (Å²) in [5, 5.41) is 20.5. The molecule has 0 radical (unpaired) electrons. The Balaban J connectivity index is 1.64. The number of hydrogen-bond acceptors (Lipinski definition) is 6. The Morgan fingerprint density at radius 1 is 1.12 bits per heavy atom. The topological polar surface area (TPSA) is 96.2 Å². The van der Waals surface area contributed by atoms with Crippen molar-refractivity contribution in [2.45, 2.75) is 0 Å². The van der Waals surface area contributed by atoms with Crippen LogP contribution in [-0.4, -0.2) is 54.1 Å². The lowest BCUT2D eigenvalue weighted by atomic mass is 10.1. The number of nitro benzene ring substituents is 1. The Hall–Kier alpha value is -3.29. The highest BCUT2D eigenvalue weighted by molar-refractivity contribution is 5.95. The zero-order valence-electron chi connectivity index (χ0n) is 14.3. The van der Waals surface area contributed by atoms with Crippen LogP contribution in [0.5, 0.6) is 11.5 Å². The molecule has 8 nitrogen and oxygen atoms in total. The number of amides is 1. The SMILES string of the molecule is COc1ccc(N2CCN(C(=O)c3ccc([N+](=O)[O-])c(O)c3)CC2)cc1. The van der Waals surface area contributed by atoms with Gasteiger partial charge in [-0.05, 0) is 36.4 Å². The van der Waals surface area contributed by atoms with E-state index in [1.165, 1.54) is 6.07 Å². The highest BCUT2D eigenvalue weighted by Crippen LogP contribution is 2.27. The maximum absolute atomic E-state index is 12.6. The van der Waals surface area contributed by atoms with Gasteiger partial charge in [0.05, 0.1) is 12.0 Å². The van der Waals surface area contributed by atoms with E-state index in [1.807, 2.05) is 24.3 Å². The van der Waals surface area contributed by atoms with Gasteiger partial charge in [0.1, 0.15) is 5.75 Å². The first kappa shape index (κ1) is 17.5. The summed E-state index contributed by atoms with van der Waals surface area (Å²) in [6.07, 6.45) is 0. The minimum Gasteiger partial charge on any atom is -0.502 e. The number of benzene rings is 2. The summed E-state index contributed by atoms with van der Waals surface area (Å²) in [7, 11) is 1.62. The number of ether oxygens (including phenoxy) is 1. The number of nitrogens with zero attached hydrogens (tertiary/aromatic N) is 3. The number of methoxy groups -OCH3 is 1. The standard InChI is InChI=1S/C18H19N3O5/c1-26-15-5-3-14(4-6-15)19-8-10-20(11-9-19)18(23)13-2-7-16(21(24)25)17(22)12-13/h2-7,12,22H,8-11H2,1H3. The van der Waals surface area contributed by atoms with Gasteiger partial charge in [-0.25, -0.2) is 0 Å². The van der Waals surface area contributed by atoms with Crippen molar-refractivity contribution >= 4 is 17.3 Å². The zero-order chi connectivity index (χ0) is 18.7. The first-order valence-electron chi connectivity index (χ1n) is 8.15. The van der Waals surface area contributed by atoms with Crippen molar-refractivity contribution in [3.05, 3.63) is 58.1 Å². The Kier molecular flexibility index (Phi) is 4.92. The van der Waals surface area contributed by atoms with E-state index in [0.717, 1.165) is 23.6 Å². The average Bonchev–Trinajstić information content (AvgIpc) is 2.67. The van der Waals surface area contributed by atoms with Crippen LogP contribution in [-0.2, 0) is 0 Å². The number of piperazine rings is 1. The zero-order valence-corrected chi connectivity index (χ0v) is 14.3. The fourth-order valence-electron chi connectivity index (χ4n) is 2.95. The maximum Gasteiger partial charge on any atom is 0.310 e. The predicted octanol–water partition coefficient (Wildman–Crippen LogP) is 2.27. The molecule has 1 N–H and O–H groups in total. The molecule has 2 aromatic carbocycles. The molecule has 0 atom stereocenters. The number of phenolic OH excluding ortho intramolecular Hbond substituents is 1. The summed E-state index contributed by atoms with van der Waals surface area (Å²) in [5.74, 6) is 0.0443. The third-order valence-corrected chi connectivity index (χ3v) is 4.42. The molecule has 0 saturated carbocycles. The van der Waals surface area contributed by atoms with Gasteiger partial charge < -0.3 is 19.6 Å². The van der Waals surface area contributed by atoms with Crippen molar-refractivity contribution in [3.8, 4) is 11.5 Å². The van der Waals surface area contributed by atoms with E-state index < -0.39 is 16.4 Å². The van der Waals surface area contributed by atoms with E-state index >= 15 is 0 Å². The van der Waals surface area contributed by atoms with Crippen molar-refractivity contribution in [1.29, 1.82) is 0 Å². The van der Waals surface area contributed by atoms with Gasteiger partial charge in [-0.2, -0.15) is 0 Å². The van der Waals surface area contributed by atoms with Gasteiger partial charge in [-0.15, -0.1) is 0 Å². The smallest absolute Gasteiger partial charge is 0.310 e. The van der Waals surface area contributed by atoms with E-state index in [1.54, 1.807) is 12.0 Å². The number of nitro groups is 1. The third kappa shape index (κ3) is 3.53. The molecule has 0 aromatic heterocycles. The van der Waals surface area contributed by atoms with E-state index in [-0.39, 0.29) is 11.5 Å². The molecular weight excluding hydrogens is 338 g/mol. The highest BCUT2D eigenvalue weighted by atomic mass is 16.6. The largest absolute Gasteiger partial charge is 0.502 e. The van der Waals surface area contributed by atoms with Gasteiger partial charge in [0.15, 0.2) is 5.75 Å². The van der Waals surface area contributed by atoms with Crippen molar-refractivity contribution in [2.24, 2.45) is 0 Å². The Labute approximate surface area is 150 Å². The van der Waals surface area contributed by atoms with Crippen LogP contribution in [0.2, 0.25) is 0 Å². The van der Waals surface area contributed by atoms with E-state index in [4.69, 9.17) is 4.74 Å². The van der Waals surface area contributed by atoms with Crippen LogP contribution >= 0.6 is 0 Å². The summed E-state index contributed by atoms with van der Waals surface area (Å²) in [6.45, 7) is 2.42. The molecule has 136 valence electrons. The second-order valence-electron chi connectivity index (χ2n) is 5.94. The minimum atomic E-state index is -0.683. The van der Waals surface area contributed by atoms with Crippen LogP contribution in [0, 0.1) is 10.1 Å². The number of aromatic hydroxyl groups is 1. The number of carbonyl (C=O) groups excluding carboxylic acids is 1.